The van der Waals surface area contributed by atoms with E-state index in [1.807, 2.05) is 6.07 Å². The molecule has 2 aromatic carbocycles. The van der Waals surface area contributed by atoms with Gasteiger partial charge in [-0.1, -0.05) is 47.6 Å². The van der Waals surface area contributed by atoms with Crippen LogP contribution in [-0.4, -0.2) is 21.9 Å². The van der Waals surface area contributed by atoms with Crippen LogP contribution >= 0.6 is 0 Å². The Kier molecular flexibility index (Phi) is 4.47. The van der Waals surface area contributed by atoms with Crippen molar-refractivity contribution in [1.82, 2.24) is 10.1 Å². The van der Waals surface area contributed by atoms with E-state index in [-0.39, 0.29) is 18.3 Å². The second kappa shape index (κ2) is 6.87. The standard InChI is InChI=1S/C18H14N2O4/c1-12-19-16(24-20-12)11-23-18(22)15-9-7-14(8-10-15)17(21)13-5-3-2-4-6-13/h2-10H,11H2,1H3. The zero-order chi connectivity index (χ0) is 16.9. The van der Waals surface area contributed by atoms with Crippen molar-refractivity contribution in [3.63, 3.8) is 0 Å². The van der Waals surface area contributed by atoms with Crippen molar-refractivity contribution in [2.75, 3.05) is 0 Å². The summed E-state index contributed by atoms with van der Waals surface area (Å²) in [7, 11) is 0. The van der Waals surface area contributed by atoms with Gasteiger partial charge in [-0.05, 0) is 19.1 Å². The van der Waals surface area contributed by atoms with E-state index in [2.05, 4.69) is 10.1 Å². The third kappa shape index (κ3) is 3.55. The van der Waals surface area contributed by atoms with Gasteiger partial charge in [-0.3, -0.25) is 4.79 Å². The number of carbonyl (C=O) groups excluding carboxylic acids is 2. The summed E-state index contributed by atoms with van der Waals surface area (Å²) >= 11 is 0. The van der Waals surface area contributed by atoms with Crippen LogP contribution in [0.3, 0.4) is 0 Å². The minimum absolute atomic E-state index is 0.0929. The average molecular weight is 322 g/mol. The summed E-state index contributed by atoms with van der Waals surface area (Å²) in [5, 5.41) is 3.61. The fourth-order valence-corrected chi connectivity index (χ4v) is 2.12. The number of carbonyl (C=O) groups is 2. The summed E-state index contributed by atoms with van der Waals surface area (Å²) < 4.78 is 9.96. The Morgan fingerprint density at radius 3 is 2.21 bits per heavy atom. The summed E-state index contributed by atoms with van der Waals surface area (Å²) in [6, 6.07) is 15.3. The van der Waals surface area contributed by atoms with Crippen molar-refractivity contribution in [1.29, 1.82) is 0 Å². The minimum atomic E-state index is -0.524. The number of ether oxygens (including phenoxy) is 1. The lowest BCUT2D eigenvalue weighted by Gasteiger charge is -2.04. The van der Waals surface area contributed by atoms with Gasteiger partial charge in [-0.15, -0.1) is 0 Å². The van der Waals surface area contributed by atoms with Crippen molar-refractivity contribution >= 4 is 11.8 Å². The third-order valence-electron chi connectivity index (χ3n) is 3.32. The lowest BCUT2D eigenvalue weighted by Crippen LogP contribution is -2.07. The van der Waals surface area contributed by atoms with Crippen molar-refractivity contribution in [3.05, 3.63) is 83.0 Å². The largest absolute Gasteiger partial charge is 0.452 e. The molecule has 0 atom stereocenters. The first-order chi connectivity index (χ1) is 11.6. The molecule has 0 aliphatic carbocycles. The number of ketones is 1. The maximum Gasteiger partial charge on any atom is 0.338 e. The maximum absolute atomic E-state index is 12.3. The summed E-state index contributed by atoms with van der Waals surface area (Å²) in [6.07, 6.45) is 0. The lowest BCUT2D eigenvalue weighted by molar-refractivity contribution is 0.0429. The Morgan fingerprint density at radius 1 is 0.958 bits per heavy atom. The molecule has 1 heterocycles. The van der Waals surface area contributed by atoms with E-state index >= 15 is 0 Å². The molecule has 6 heteroatoms. The monoisotopic (exact) mass is 322 g/mol. The highest BCUT2D eigenvalue weighted by Gasteiger charge is 2.13. The fraction of sp³-hybridized carbons (Fsp3) is 0.111. The van der Waals surface area contributed by atoms with E-state index in [1.54, 1.807) is 55.5 Å². The van der Waals surface area contributed by atoms with Gasteiger partial charge in [-0.25, -0.2) is 4.79 Å². The zero-order valence-corrected chi connectivity index (χ0v) is 12.9. The molecule has 0 unspecified atom stereocenters. The molecular weight excluding hydrogens is 308 g/mol. The van der Waals surface area contributed by atoms with E-state index in [1.165, 1.54) is 0 Å². The highest BCUT2D eigenvalue weighted by atomic mass is 16.6. The molecule has 0 fully saturated rings. The van der Waals surface area contributed by atoms with Crippen molar-refractivity contribution in [3.8, 4) is 0 Å². The van der Waals surface area contributed by atoms with Gasteiger partial charge in [0.2, 0.25) is 0 Å². The van der Waals surface area contributed by atoms with Crippen LogP contribution in [0.1, 0.15) is 38.0 Å². The Labute approximate surface area is 138 Å². The van der Waals surface area contributed by atoms with Crippen LogP contribution in [0.25, 0.3) is 0 Å². The number of esters is 1. The number of nitrogens with zero attached hydrogens (tertiary/aromatic N) is 2. The van der Waals surface area contributed by atoms with Crippen LogP contribution in [-0.2, 0) is 11.3 Å². The van der Waals surface area contributed by atoms with E-state index in [9.17, 15) is 9.59 Å². The van der Waals surface area contributed by atoms with E-state index in [0.29, 0.717) is 22.5 Å². The molecule has 6 nitrogen and oxygen atoms in total. The molecule has 0 N–H and O–H groups in total. The number of benzene rings is 2. The smallest absolute Gasteiger partial charge is 0.338 e. The topological polar surface area (TPSA) is 82.3 Å². The lowest BCUT2D eigenvalue weighted by atomic mass is 10.0. The Morgan fingerprint density at radius 2 is 1.58 bits per heavy atom. The highest BCUT2D eigenvalue weighted by Crippen LogP contribution is 2.12. The van der Waals surface area contributed by atoms with Gasteiger partial charge in [0, 0.05) is 11.1 Å². The third-order valence-corrected chi connectivity index (χ3v) is 3.32. The molecule has 0 saturated carbocycles. The van der Waals surface area contributed by atoms with E-state index < -0.39 is 5.97 Å². The minimum Gasteiger partial charge on any atom is -0.452 e. The van der Waals surface area contributed by atoms with Crippen LogP contribution in [0, 0.1) is 6.92 Å². The number of hydrogen-bond donors (Lipinski definition) is 0. The zero-order valence-electron chi connectivity index (χ0n) is 12.9. The first kappa shape index (κ1) is 15.6. The van der Waals surface area contributed by atoms with Gasteiger partial charge in [0.15, 0.2) is 18.2 Å². The highest BCUT2D eigenvalue weighted by molar-refractivity contribution is 6.09. The summed E-state index contributed by atoms with van der Waals surface area (Å²) in [5.41, 5.74) is 1.45. The second-order valence-electron chi connectivity index (χ2n) is 5.08. The molecule has 0 bridgehead atoms. The quantitative estimate of drug-likeness (QED) is 0.530. The number of rotatable bonds is 5. The Bertz CT molecular complexity index is 854. The number of hydrogen-bond acceptors (Lipinski definition) is 6. The van der Waals surface area contributed by atoms with Crippen LogP contribution in [0.4, 0.5) is 0 Å². The molecular formula is C18H14N2O4. The van der Waals surface area contributed by atoms with Gasteiger partial charge >= 0.3 is 5.97 Å². The van der Waals surface area contributed by atoms with Gasteiger partial charge in [0.25, 0.3) is 5.89 Å². The molecule has 0 saturated heterocycles. The molecule has 0 spiro atoms. The molecule has 0 amide bonds. The Hall–Kier alpha value is -3.28. The van der Waals surface area contributed by atoms with Crippen molar-refractivity contribution in [2.24, 2.45) is 0 Å². The summed E-state index contributed by atoms with van der Waals surface area (Å²) in [4.78, 5) is 28.2. The van der Waals surface area contributed by atoms with E-state index in [0.717, 1.165) is 0 Å². The molecule has 0 radical (unpaired) electrons. The molecule has 120 valence electrons. The van der Waals surface area contributed by atoms with Crippen LogP contribution in [0.15, 0.2) is 59.1 Å². The molecule has 1 aromatic heterocycles. The molecule has 0 aliphatic rings. The Balaban J connectivity index is 1.65. The predicted octanol–water partition coefficient (Wildman–Crippen LogP) is 2.97. The number of aryl methyl sites for hydroxylation is 1. The van der Waals surface area contributed by atoms with Gasteiger partial charge in [-0.2, -0.15) is 4.98 Å². The predicted molar refractivity (Wildman–Crippen MR) is 84.5 cm³/mol. The van der Waals surface area contributed by atoms with Crippen molar-refractivity contribution < 1.29 is 18.8 Å². The van der Waals surface area contributed by atoms with E-state index in [4.69, 9.17) is 9.26 Å². The SMILES string of the molecule is Cc1noc(COC(=O)c2ccc(C(=O)c3ccccc3)cc2)n1. The molecule has 0 aliphatic heterocycles. The first-order valence-electron chi connectivity index (χ1n) is 7.29. The number of aromatic nitrogens is 2. The summed E-state index contributed by atoms with van der Waals surface area (Å²) in [6.45, 7) is 1.58. The average Bonchev–Trinajstić information content (AvgIpc) is 3.05. The van der Waals surface area contributed by atoms with Crippen LogP contribution in [0.2, 0.25) is 0 Å². The van der Waals surface area contributed by atoms with Crippen LogP contribution < -0.4 is 0 Å². The van der Waals surface area contributed by atoms with Gasteiger partial charge in [0.05, 0.1) is 5.56 Å². The van der Waals surface area contributed by atoms with Gasteiger partial charge in [0.1, 0.15) is 0 Å². The normalized spacial score (nSPS) is 10.4. The maximum atomic E-state index is 12.3. The molecule has 3 aromatic rings. The van der Waals surface area contributed by atoms with Crippen molar-refractivity contribution in [2.45, 2.75) is 13.5 Å². The summed E-state index contributed by atoms with van der Waals surface area (Å²) in [5.74, 6) is 0.0861. The second-order valence-corrected chi connectivity index (χ2v) is 5.08. The molecule has 3 rings (SSSR count). The molecule has 24 heavy (non-hydrogen) atoms. The first-order valence-corrected chi connectivity index (χ1v) is 7.29. The van der Waals surface area contributed by atoms with Crippen LogP contribution in [0.5, 0.6) is 0 Å². The van der Waals surface area contributed by atoms with Gasteiger partial charge < -0.3 is 9.26 Å². The fourth-order valence-electron chi connectivity index (χ4n) is 2.12.